The molecule has 1 fully saturated rings. The van der Waals surface area contributed by atoms with Gasteiger partial charge in [-0.1, -0.05) is 11.8 Å². The van der Waals surface area contributed by atoms with E-state index in [0.29, 0.717) is 70.7 Å². The summed E-state index contributed by atoms with van der Waals surface area (Å²) in [7, 11) is -5.94. The maximum atomic E-state index is 11.4. The molecule has 0 bridgehead atoms. The molecular formula is C19H35N5O8S2. The fourth-order valence-electron chi connectivity index (χ4n) is 2.93. The van der Waals surface area contributed by atoms with Crippen LogP contribution in [0.15, 0.2) is 18.2 Å². The minimum Gasteiger partial charge on any atom is -0.377 e. The topological polar surface area (TPSA) is 165 Å². The number of carbonyl (C=O) groups is 1. The van der Waals surface area contributed by atoms with Gasteiger partial charge in [0.1, 0.15) is 5.75 Å². The van der Waals surface area contributed by atoms with Crippen molar-refractivity contribution < 1.29 is 36.5 Å². The number of ether oxygens (including phenoxy) is 3. The van der Waals surface area contributed by atoms with Crippen LogP contribution in [0.4, 0.5) is 0 Å². The molecule has 1 amide bonds. The number of nitrogens with zero attached hydrogens (tertiary/aromatic N) is 4. The van der Waals surface area contributed by atoms with E-state index in [1.807, 2.05) is 6.20 Å². The summed E-state index contributed by atoms with van der Waals surface area (Å²) < 4.78 is 59.7. The van der Waals surface area contributed by atoms with E-state index in [-0.39, 0.29) is 13.2 Å². The number of rotatable bonds is 17. The van der Waals surface area contributed by atoms with Crippen molar-refractivity contribution in [2.45, 2.75) is 13.1 Å². The van der Waals surface area contributed by atoms with E-state index < -0.39 is 32.1 Å². The van der Waals surface area contributed by atoms with Crippen molar-refractivity contribution in [2.75, 3.05) is 76.5 Å². The van der Waals surface area contributed by atoms with Crippen LogP contribution in [0.2, 0.25) is 0 Å². The third-order valence-corrected chi connectivity index (χ3v) is 7.65. The van der Waals surface area contributed by atoms with Gasteiger partial charge in [-0.15, -0.1) is 5.10 Å². The van der Waals surface area contributed by atoms with E-state index in [2.05, 4.69) is 27.1 Å². The van der Waals surface area contributed by atoms with Crippen LogP contribution in [-0.2, 0) is 41.9 Å². The molecule has 196 valence electrons. The lowest BCUT2D eigenvalue weighted by Gasteiger charge is -2.40. The number of aromatic nitrogens is 3. The second kappa shape index (κ2) is 14.7. The molecule has 1 aromatic rings. The van der Waals surface area contributed by atoms with Crippen LogP contribution in [0.3, 0.4) is 0 Å². The Kier molecular flexibility index (Phi) is 12.4. The summed E-state index contributed by atoms with van der Waals surface area (Å²) in [5.41, 5.74) is 0.836. The van der Waals surface area contributed by atoms with Gasteiger partial charge in [0.15, 0.2) is 9.84 Å². The molecule has 2 rings (SSSR count). The number of hydrogen-bond acceptors (Lipinski definition) is 11. The molecule has 0 aromatic carbocycles. The molecule has 1 saturated heterocycles. The Morgan fingerprint density at radius 1 is 1.12 bits per heavy atom. The third kappa shape index (κ3) is 12.2. The van der Waals surface area contributed by atoms with Gasteiger partial charge in [-0.2, -0.15) is 10.6 Å². The Morgan fingerprint density at radius 2 is 1.74 bits per heavy atom. The molecule has 3 N–H and O–H groups in total. The standard InChI is InChI=1S/C19H35N5O8S2/c1-2-33(26,27)17-19(25)20-3-7-30-9-11-32-12-10-31-8-4-24-16-18(21-22-24)15-23-5-13-34(28,29)14-6-23/h2,16,28-29H,1,3-15,17H2,(H,20,25). The minimum absolute atomic E-state index is 0.212. The maximum absolute atomic E-state index is 11.4. The van der Waals surface area contributed by atoms with Crippen molar-refractivity contribution in [3.05, 3.63) is 23.9 Å². The number of nitrogens with one attached hydrogen (secondary N) is 1. The van der Waals surface area contributed by atoms with Crippen molar-refractivity contribution in [3.63, 3.8) is 0 Å². The van der Waals surface area contributed by atoms with Crippen molar-refractivity contribution in [1.82, 2.24) is 25.2 Å². The average Bonchev–Trinajstić information content (AvgIpc) is 3.23. The molecule has 1 aliphatic heterocycles. The summed E-state index contributed by atoms with van der Waals surface area (Å²) in [4.78, 5) is 13.5. The smallest absolute Gasteiger partial charge is 0.235 e. The first-order valence-electron chi connectivity index (χ1n) is 10.9. The Balaban J connectivity index is 1.40. The van der Waals surface area contributed by atoms with Crippen LogP contribution >= 0.6 is 10.6 Å². The first-order chi connectivity index (χ1) is 16.2. The van der Waals surface area contributed by atoms with E-state index in [4.69, 9.17) is 14.2 Å². The Morgan fingerprint density at radius 3 is 2.38 bits per heavy atom. The van der Waals surface area contributed by atoms with Gasteiger partial charge in [-0.3, -0.25) is 18.8 Å². The largest absolute Gasteiger partial charge is 0.377 e. The second-order valence-corrected chi connectivity index (χ2v) is 12.0. The minimum atomic E-state index is -3.55. The summed E-state index contributed by atoms with van der Waals surface area (Å²) >= 11 is 0. The van der Waals surface area contributed by atoms with Crippen LogP contribution in [0.25, 0.3) is 0 Å². The molecule has 0 radical (unpaired) electrons. The zero-order valence-corrected chi connectivity index (χ0v) is 20.8. The number of carbonyl (C=O) groups excluding carboxylic acids is 1. The van der Waals surface area contributed by atoms with Crippen molar-refractivity contribution in [1.29, 1.82) is 0 Å². The lowest BCUT2D eigenvalue weighted by Crippen LogP contribution is -2.37. The molecule has 2 heterocycles. The number of sulfone groups is 1. The lowest BCUT2D eigenvalue weighted by molar-refractivity contribution is -0.118. The fourth-order valence-corrected chi connectivity index (χ4v) is 4.82. The third-order valence-electron chi connectivity index (χ3n) is 4.80. The van der Waals surface area contributed by atoms with Gasteiger partial charge in [0, 0.05) is 37.8 Å². The highest BCUT2D eigenvalue weighted by Crippen LogP contribution is 2.40. The Bertz CT molecular complexity index is 855. The van der Waals surface area contributed by atoms with Gasteiger partial charge in [-0.25, -0.2) is 13.1 Å². The zero-order chi connectivity index (χ0) is 24.9. The summed E-state index contributed by atoms with van der Waals surface area (Å²) in [6.45, 7) is 8.12. The van der Waals surface area contributed by atoms with Gasteiger partial charge in [0.25, 0.3) is 0 Å². The molecule has 0 aliphatic carbocycles. The molecule has 13 nitrogen and oxygen atoms in total. The monoisotopic (exact) mass is 525 g/mol. The lowest BCUT2D eigenvalue weighted by atomic mass is 10.4. The summed E-state index contributed by atoms with van der Waals surface area (Å²) in [6.07, 6.45) is 1.87. The fraction of sp³-hybridized carbons (Fsp3) is 0.737. The predicted molar refractivity (Wildman–Crippen MR) is 127 cm³/mol. The highest BCUT2D eigenvalue weighted by Gasteiger charge is 2.22. The molecule has 1 aromatic heterocycles. The summed E-state index contributed by atoms with van der Waals surface area (Å²) in [5, 5.41) is 11.4. The predicted octanol–water partition coefficient (Wildman–Crippen LogP) is -0.431. The molecule has 1 aliphatic rings. The maximum Gasteiger partial charge on any atom is 0.235 e. The summed E-state index contributed by atoms with van der Waals surface area (Å²) in [5.74, 6) is -0.393. The van der Waals surface area contributed by atoms with Crippen molar-refractivity contribution in [3.8, 4) is 0 Å². The molecule has 0 unspecified atom stereocenters. The van der Waals surface area contributed by atoms with E-state index in [1.54, 1.807) is 4.68 Å². The van der Waals surface area contributed by atoms with Gasteiger partial charge in [0.2, 0.25) is 5.91 Å². The van der Waals surface area contributed by atoms with Crippen LogP contribution in [-0.4, -0.2) is 120 Å². The quantitative estimate of drug-likeness (QED) is 0.226. The highest BCUT2D eigenvalue weighted by atomic mass is 32.3. The SMILES string of the molecule is C=CS(=O)(=O)CC(=O)NCCOCCOCCOCCn1cc(CN2CCS(O)(O)CC2)nn1. The van der Waals surface area contributed by atoms with Gasteiger partial charge in [-0.05, 0) is 0 Å². The van der Waals surface area contributed by atoms with E-state index >= 15 is 0 Å². The molecule has 0 saturated carbocycles. The highest BCUT2D eigenvalue weighted by molar-refractivity contribution is 8.24. The number of amides is 1. The van der Waals surface area contributed by atoms with Gasteiger partial charge < -0.3 is 19.5 Å². The van der Waals surface area contributed by atoms with E-state index in [0.717, 1.165) is 11.1 Å². The molecule has 0 atom stereocenters. The molecule has 0 spiro atoms. The van der Waals surface area contributed by atoms with Gasteiger partial charge >= 0.3 is 0 Å². The number of hydrogen-bond donors (Lipinski definition) is 3. The second-order valence-electron chi connectivity index (χ2n) is 7.62. The normalized spacial score (nSPS) is 17.4. The Labute approximate surface area is 201 Å². The van der Waals surface area contributed by atoms with Gasteiger partial charge in [0.05, 0.1) is 63.4 Å². The van der Waals surface area contributed by atoms with Crippen molar-refractivity contribution in [2.24, 2.45) is 0 Å². The molecule has 15 heteroatoms. The molecular weight excluding hydrogens is 490 g/mol. The van der Waals surface area contributed by atoms with E-state index in [1.165, 1.54) is 0 Å². The average molecular weight is 526 g/mol. The van der Waals surface area contributed by atoms with Crippen LogP contribution < -0.4 is 5.32 Å². The Hall–Kier alpha value is -1.59. The zero-order valence-electron chi connectivity index (χ0n) is 19.2. The summed E-state index contributed by atoms with van der Waals surface area (Å²) in [6, 6.07) is 0. The van der Waals surface area contributed by atoms with E-state index in [9.17, 15) is 22.3 Å². The van der Waals surface area contributed by atoms with Crippen LogP contribution in [0, 0.1) is 0 Å². The van der Waals surface area contributed by atoms with Crippen LogP contribution in [0.1, 0.15) is 5.69 Å². The first-order valence-corrected chi connectivity index (χ1v) is 14.5. The molecule has 34 heavy (non-hydrogen) atoms. The van der Waals surface area contributed by atoms with Crippen molar-refractivity contribution >= 4 is 26.3 Å². The van der Waals surface area contributed by atoms with Crippen LogP contribution in [0.5, 0.6) is 0 Å². The first kappa shape index (κ1) is 28.6.